The van der Waals surface area contributed by atoms with E-state index in [2.05, 4.69) is 25.6 Å². The summed E-state index contributed by atoms with van der Waals surface area (Å²) in [6.45, 7) is 1.94. The third-order valence-corrected chi connectivity index (χ3v) is 6.44. The second kappa shape index (κ2) is 8.65. The zero-order chi connectivity index (χ0) is 23.1. The normalized spacial score (nSPS) is 13.1. The minimum Gasteiger partial charge on any atom is -0.324 e. The fourth-order valence-electron chi connectivity index (χ4n) is 4.19. The van der Waals surface area contributed by atoms with E-state index in [1.54, 1.807) is 18.2 Å². The first kappa shape index (κ1) is 21.7. The number of benzene rings is 2. The number of aryl methyl sites for hydroxylation is 2. The maximum atomic E-state index is 14.8. The monoisotopic (exact) mass is 483 g/mol. The lowest BCUT2D eigenvalue weighted by Gasteiger charge is -2.18. The van der Waals surface area contributed by atoms with Crippen LogP contribution in [0.2, 0.25) is 10.0 Å². The summed E-state index contributed by atoms with van der Waals surface area (Å²) in [7, 11) is 0. The number of amides is 1. The molecule has 2 aromatic heterocycles. The molecule has 2 heterocycles. The number of aromatic nitrogens is 3. The van der Waals surface area contributed by atoms with Crippen molar-refractivity contribution in [2.45, 2.75) is 32.6 Å². The molecule has 3 N–H and O–H groups in total. The molecule has 5 rings (SSSR count). The van der Waals surface area contributed by atoms with Gasteiger partial charge in [-0.05, 0) is 68.0 Å². The third-order valence-electron chi connectivity index (χ3n) is 5.81. The minimum absolute atomic E-state index is 0.117. The molecule has 0 fully saturated rings. The van der Waals surface area contributed by atoms with Gasteiger partial charge in [0.25, 0.3) is 5.91 Å². The van der Waals surface area contributed by atoms with Gasteiger partial charge in [0, 0.05) is 11.8 Å². The lowest BCUT2D eigenvalue weighted by molar-refractivity contribution is 0.102. The van der Waals surface area contributed by atoms with Gasteiger partial charge in [-0.25, -0.2) is 14.4 Å². The Morgan fingerprint density at radius 3 is 2.64 bits per heavy atom. The van der Waals surface area contributed by atoms with Crippen LogP contribution < -0.4 is 10.6 Å². The van der Waals surface area contributed by atoms with Gasteiger partial charge in [0.2, 0.25) is 5.95 Å². The molecular weight excluding hydrogens is 464 g/mol. The Morgan fingerprint density at radius 2 is 1.85 bits per heavy atom. The average molecular weight is 484 g/mol. The number of nitrogens with zero attached hydrogens (tertiary/aromatic N) is 2. The Morgan fingerprint density at radius 1 is 1.09 bits per heavy atom. The van der Waals surface area contributed by atoms with Gasteiger partial charge in [-0.3, -0.25) is 4.79 Å². The molecule has 2 aromatic carbocycles. The molecule has 0 saturated carbocycles. The number of carbonyl (C=O) groups excluding carboxylic acids is 1. The second-order valence-corrected chi connectivity index (χ2v) is 8.86. The lowest BCUT2D eigenvalue weighted by Crippen LogP contribution is -2.16. The average Bonchev–Trinajstić information content (AvgIpc) is 3.17. The van der Waals surface area contributed by atoms with Crippen molar-refractivity contribution in [1.29, 1.82) is 0 Å². The first-order chi connectivity index (χ1) is 15.9. The van der Waals surface area contributed by atoms with Gasteiger partial charge < -0.3 is 15.6 Å². The van der Waals surface area contributed by atoms with Crippen molar-refractivity contribution >= 4 is 57.6 Å². The van der Waals surface area contributed by atoms with Crippen LogP contribution in [0.3, 0.4) is 0 Å². The quantitative estimate of drug-likeness (QED) is 0.305. The number of hydrogen-bond acceptors (Lipinski definition) is 4. The van der Waals surface area contributed by atoms with Crippen LogP contribution in [-0.4, -0.2) is 20.9 Å². The molecule has 9 heteroatoms. The number of pyridine rings is 1. The Balaban J connectivity index is 1.42. The van der Waals surface area contributed by atoms with E-state index < -0.39 is 11.7 Å². The molecule has 4 aromatic rings. The van der Waals surface area contributed by atoms with Crippen molar-refractivity contribution in [3.05, 3.63) is 74.6 Å². The summed E-state index contributed by atoms with van der Waals surface area (Å²) < 4.78 is 14.8. The predicted molar refractivity (Wildman–Crippen MR) is 129 cm³/mol. The molecule has 1 aliphatic rings. The number of hydrogen-bond donors (Lipinski definition) is 3. The number of H-pyrrole nitrogens is 1. The number of anilines is 3. The molecule has 0 radical (unpaired) electrons. The number of carbonyl (C=O) groups is 1. The zero-order valence-electron chi connectivity index (χ0n) is 17.7. The maximum absolute atomic E-state index is 14.8. The molecule has 0 aliphatic heterocycles. The van der Waals surface area contributed by atoms with Gasteiger partial charge in [-0.2, -0.15) is 0 Å². The van der Waals surface area contributed by atoms with Crippen LogP contribution in [0.25, 0.3) is 11.0 Å². The third kappa shape index (κ3) is 4.26. The minimum atomic E-state index is -0.666. The summed E-state index contributed by atoms with van der Waals surface area (Å²) in [5.41, 5.74) is 4.56. The van der Waals surface area contributed by atoms with E-state index >= 15 is 0 Å². The van der Waals surface area contributed by atoms with Crippen LogP contribution in [0.4, 0.5) is 21.8 Å². The van der Waals surface area contributed by atoms with Crippen LogP contribution in [0.1, 0.15) is 40.0 Å². The highest BCUT2D eigenvalue weighted by atomic mass is 35.5. The number of aromatic amines is 1. The molecule has 1 aliphatic carbocycles. The summed E-state index contributed by atoms with van der Waals surface area (Å²) in [6.07, 6.45) is 4.22. The van der Waals surface area contributed by atoms with Crippen LogP contribution in [-0.2, 0) is 12.8 Å². The highest BCUT2D eigenvalue weighted by molar-refractivity contribution is 6.39. The van der Waals surface area contributed by atoms with Gasteiger partial charge >= 0.3 is 0 Å². The van der Waals surface area contributed by atoms with Crippen molar-refractivity contribution in [3.63, 3.8) is 0 Å². The fourth-order valence-corrected chi connectivity index (χ4v) is 4.69. The van der Waals surface area contributed by atoms with E-state index in [9.17, 15) is 9.18 Å². The summed E-state index contributed by atoms with van der Waals surface area (Å²) in [5, 5.41) is 6.58. The number of rotatable bonds is 4. The number of nitrogens with one attached hydrogen (secondary N) is 3. The largest absolute Gasteiger partial charge is 0.324 e. The van der Waals surface area contributed by atoms with Crippen molar-refractivity contribution in [2.75, 3.05) is 10.6 Å². The Hall–Kier alpha value is -3.16. The van der Waals surface area contributed by atoms with E-state index in [0.29, 0.717) is 38.5 Å². The molecule has 0 saturated heterocycles. The molecule has 6 nitrogen and oxygen atoms in total. The molecular formula is C24H20Cl2FN5O. The Labute approximate surface area is 199 Å². The van der Waals surface area contributed by atoms with Gasteiger partial charge in [0.05, 0.1) is 32.3 Å². The highest BCUT2D eigenvalue weighted by Crippen LogP contribution is 2.32. The standard InChI is InChI=1S/C24H20Cl2FN5O/c1-12-14-6-3-2-5-13(14)9-21(28-12)31-23(33)15-10-19-20(11-18(15)27)30-24(29-19)32-22-16(25)7-4-8-17(22)26/h4,7-11H,2-3,5-6H2,1H3,(H,28,31,33)(H2,29,30,32). The first-order valence-corrected chi connectivity index (χ1v) is 11.4. The van der Waals surface area contributed by atoms with Crippen molar-refractivity contribution < 1.29 is 9.18 Å². The topological polar surface area (TPSA) is 82.7 Å². The number of imidazole rings is 1. The van der Waals surface area contributed by atoms with Gasteiger partial charge in [0.15, 0.2) is 0 Å². The van der Waals surface area contributed by atoms with E-state index in [-0.39, 0.29) is 5.56 Å². The molecule has 0 unspecified atom stereocenters. The molecule has 0 spiro atoms. The molecule has 33 heavy (non-hydrogen) atoms. The maximum Gasteiger partial charge on any atom is 0.259 e. The summed E-state index contributed by atoms with van der Waals surface area (Å²) in [4.78, 5) is 24.7. The summed E-state index contributed by atoms with van der Waals surface area (Å²) in [5.74, 6) is -0.497. The zero-order valence-corrected chi connectivity index (χ0v) is 19.2. The van der Waals surface area contributed by atoms with Crippen LogP contribution >= 0.6 is 23.2 Å². The molecule has 0 atom stereocenters. The lowest BCUT2D eigenvalue weighted by atomic mass is 9.91. The van der Waals surface area contributed by atoms with Crippen molar-refractivity contribution in [1.82, 2.24) is 15.0 Å². The van der Waals surface area contributed by atoms with Gasteiger partial charge in [-0.1, -0.05) is 29.3 Å². The molecule has 1 amide bonds. The van der Waals surface area contributed by atoms with Gasteiger partial charge in [-0.15, -0.1) is 0 Å². The highest BCUT2D eigenvalue weighted by Gasteiger charge is 2.19. The predicted octanol–water partition coefficient (Wildman–Crippen LogP) is 6.59. The second-order valence-electron chi connectivity index (χ2n) is 8.05. The van der Waals surface area contributed by atoms with E-state index in [0.717, 1.165) is 31.4 Å². The van der Waals surface area contributed by atoms with E-state index in [4.69, 9.17) is 23.2 Å². The van der Waals surface area contributed by atoms with E-state index in [1.807, 2.05) is 13.0 Å². The van der Waals surface area contributed by atoms with Crippen LogP contribution in [0.15, 0.2) is 36.4 Å². The fraction of sp³-hybridized carbons (Fsp3) is 0.208. The number of halogens is 3. The number of para-hydroxylation sites is 1. The summed E-state index contributed by atoms with van der Waals surface area (Å²) in [6, 6.07) is 9.64. The Bertz CT molecular complexity index is 1380. The SMILES string of the molecule is Cc1nc(NC(=O)c2cc3nc(Nc4c(Cl)cccc4Cl)[nH]c3cc2F)cc2c1CCCC2. The summed E-state index contributed by atoms with van der Waals surface area (Å²) >= 11 is 12.4. The smallest absolute Gasteiger partial charge is 0.259 e. The Kier molecular flexibility index (Phi) is 5.68. The van der Waals surface area contributed by atoms with Crippen LogP contribution in [0, 0.1) is 12.7 Å². The van der Waals surface area contributed by atoms with E-state index in [1.165, 1.54) is 23.3 Å². The van der Waals surface area contributed by atoms with Crippen LogP contribution in [0.5, 0.6) is 0 Å². The van der Waals surface area contributed by atoms with Gasteiger partial charge in [0.1, 0.15) is 11.6 Å². The van der Waals surface area contributed by atoms with Crippen molar-refractivity contribution in [2.24, 2.45) is 0 Å². The molecule has 0 bridgehead atoms. The van der Waals surface area contributed by atoms with Crippen molar-refractivity contribution in [3.8, 4) is 0 Å². The first-order valence-electron chi connectivity index (χ1n) is 10.6. The molecule has 168 valence electrons. The number of fused-ring (bicyclic) bond motifs is 2.